The number of aryl methyl sites for hydroxylation is 1. The van der Waals surface area contributed by atoms with Gasteiger partial charge in [-0.3, -0.25) is 0 Å². The van der Waals surface area contributed by atoms with E-state index in [0.29, 0.717) is 5.92 Å². The highest BCUT2D eigenvalue weighted by atomic mass is 19.3. The second-order valence-corrected chi connectivity index (χ2v) is 7.81. The fourth-order valence-electron chi connectivity index (χ4n) is 3.88. The molecule has 0 atom stereocenters. The van der Waals surface area contributed by atoms with Crippen LogP contribution >= 0.6 is 0 Å². The van der Waals surface area contributed by atoms with E-state index in [-0.39, 0.29) is 18.9 Å². The van der Waals surface area contributed by atoms with E-state index in [4.69, 9.17) is 4.74 Å². The molecule has 1 fully saturated rings. The smallest absolute Gasteiger partial charge is 0.316 e. The Hall–Kier alpha value is -1.48. The number of benzene rings is 1. The second-order valence-electron chi connectivity index (χ2n) is 7.81. The number of hydrogen-bond acceptors (Lipinski definition) is 1. The Kier molecular flexibility index (Phi) is 9.20. The topological polar surface area (TPSA) is 9.23 Å². The van der Waals surface area contributed by atoms with Crippen LogP contribution in [0.2, 0.25) is 0 Å². The van der Waals surface area contributed by atoms with E-state index in [2.05, 4.69) is 18.7 Å². The van der Waals surface area contributed by atoms with E-state index in [1.165, 1.54) is 12.0 Å². The van der Waals surface area contributed by atoms with Gasteiger partial charge in [0.1, 0.15) is 0 Å². The molecule has 0 aliphatic heterocycles. The van der Waals surface area contributed by atoms with Crippen LogP contribution in [0.5, 0.6) is 0 Å². The number of halogens is 2. The van der Waals surface area contributed by atoms with Crippen LogP contribution in [0.1, 0.15) is 69.4 Å². The Morgan fingerprint density at radius 3 is 2.30 bits per heavy atom. The second kappa shape index (κ2) is 11.4. The van der Waals surface area contributed by atoms with Crippen molar-refractivity contribution in [3.63, 3.8) is 0 Å². The summed E-state index contributed by atoms with van der Waals surface area (Å²) >= 11 is 0. The van der Waals surface area contributed by atoms with Gasteiger partial charge in [-0.05, 0) is 68.4 Å². The molecule has 1 aromatic rings. The molecular formula is C24H34F2O. The molecule has 2 rings (SSSR count). The molecule has 1 aliphatic carbocycles. The van der Waals surface area contributed by atoms with E-state index >= 15 is 0 Å². The lowest BCUT2D eigenvalue weighted by atomic mass is 9.78. The molecule has 0 heterocycles. The maximum absolute atomic E-state index is 14.2. The first-order chi connectivity index (χ1) is 13.0. The maximum Gasteiger partial charge on any atom is 0.356 e. The maximum atomic E-state index is 14.2. The number of rotatable bonds is 11. The summed E-state index contributed by atoms with van der Waals surface area (Å²) in [6.45, 7) is 5.72. The van der Waals surface area contributed by atoms with Gasteiger partial charge < -0.3 is 4.74 Å². The van der Waals surface area contributed by atoms with Crippen LogP contribution in [0.25, 0.3) is 0 Å². The van der Waals surface area contributed by atoms with Crippen LogP contribution < -0.4 is 0 Å². The quantitative estimate of drug-likeness (QED) is 0.364. The number of alkyl halides is 2. The predicted octanol–water partition coefficient (Wildman–Crippen LogP) is 7.47. The van der Waals surface area contributed by atoms with Crippen molar-refractivity contribution in [2.45, 2.75) is 77.4 Å². The van der Waals surface area contributed by atoms with Gasteiger partial charge in [0.15, 0.2) is 0 Å². The van der Waals surface area contributed by atoms with Gasteiger partial charge in [0.2, 0.25) is 0 Å². The SMILES string of the molecule is C=CCCc1ccc(COC(F)(F)C[C@H]2CC[C@H](CCC=CC)CC2)cc1. The summed E-state index contributed by atoms with van der Waals surface area (Å²) in [5.41, 5.74) is 1.99. The van der Waals surface area contributed by atoms with Gasteiger partial charge in [0, 0.05) is 6.42 Å². The van der Waals surface area contributed by atoms with Crippen molar-refractivity contribution >= 4 is 0 Å². The average Bonchev–Trinajstić information content (AvgIpc) is 2.67. The third-order valence-electron chi connectivity index (χ3n) is 5.58. The zero-order valence-electron chi connectivity index (χ0n) is 16.6. The van der Waals surface area contributed by atoms with Crippen LogP contribution in [0.4, 0.5) is 8.78 Å². The summed E-state index contributed by atoms with van der Waals surface area (Å²) in [5.74, 6) is 0.783. The molecule has 0 aromatic heterocycles. The van der Waals surface area contributed by atoms with Crippen molar-refractivity contribution < 1.29 is 13.5 Å². The van der Waals surface area contributed by atoms with Gasteiger partial charge in [-0.2, -0.15) is 8.78 Å². The largest absolute Gasteiger partial charge is 0.356 e. The van der Waals surface area contributed by atoms with Crippen LogP contribution in [0.3, 0.4) is 0 Å². The van der Waals surface area contributed by atoms with Crippen LogP contribution in [0, 0.1) is 11.8 Å². The molecule has 0 amide bonds. The Morgan fingerprint density at radius 2 is 1.67 bits per heavy atom. The molecule has 150 valence electrons. The summed E-state index contributed by atoms with van der Waals surface area (Å²) < 4.78 is 33.5. The molecule has 1 saturated carbocycles. The summed E-state index contributed by atoms with van der Waals surface area (Å²) in [5, 5.41) is 0. The van der Waals surface area contributed by atoms with Crippen LogP contribution in [-0.2, 0) is 17.8 Å². The van der Waals surface area contributed by atoms with Gasteiger partial charge in [-0.25, -0.2) is 0 Å². The van der Waals surface area contributed by atoms with Crippen molar-refractivity contribution in [3.8, 4) is 0 Å². The molecule has 0 radical (unpaired) electrons. The lowest BCUT2D eigenvalue weighted by Crippen LogP contribution is -2.27. The van der Waals surface area contributed by atoms with Crippen LogP contribution in [0.15, 0.2) is 49.1 Å². The fourth-order valence-corrected chi connectivity index (χ4v) is 3.88. The van der Waals surface area contributed by atoms with Crippen molar-refractivity contribution in [2.24, 2.45) is 11.8 Å². The molecule has 1 aliphatic rings. The zero-order valence-corrected chi connectivity index (χ0v) is 16.6. The van der Waals surface area contributed by atoms with E-state index in [0.717, 1.165) is 50.5 Å². The van der Waals surface area contributed by atoms with E-state index in [1.54, 1.807) is 0 Å². The molecule has 0 saturated heterocycles. The third-order valence-corrected chi connectivity index (χ3v) is 5.58. The predicted molar refractivity (Wildman–Crippen MR) is 109 cm³/mol. The molecule has 0 N–H and O–H groups in total. The lowest BCUT2D eigenvalue weighted by Gasteiger charge is -2.30. The number of hydrogen-bond donors (Lipinski definition) is 0. The highest BCUT2D eigenvalue weighted by molar-refractivity contribution is 5.22. The van der Waals surface area contributed by atoms with Gasteiger partial charge in [0.05, 0.1) is 6.61 Å². The monoisotopic (exact) mass is 376 g/mol. The number of ether oxygens (including phenoxy) is 1. The van der Waals surface area contributed by atoms with Crippen molar-refractivity contribution in [2.75, 3.05) is 0 Å². The third kappa shape index (κ3) is 8.38. The molecular weight excluding hydrogens is 342 g/mol. The Bertz CT molecular complexity index is 569. The van der Waals surface area contributed by atoms with Gasteiger partial charge in [0.25, 0.3) is 0 Å². The normalized spacial score (nSPS) is 20.9. The zero-order chi connectivity index (χ0) is 19.5. The first-order valence-corrected chi connectivity index (χ1v) is 10.3. The summed E-state index contributed by atoms with van der Waals surface area (Å²) in [7, 11) is 0. The lowest BCUT2D eigenvalue weighted by molar-refractivity contribution is -0.256. The van der Waals surface area contributed by atoms with Crippen molar-refractivity contribution in [1.29, 1.82) is 0 Å². The van der Waals surface area contributed by atoms with Gasteiger partial charge in [-0.1, -0.05) is 55.3 Å². The molecule has 1 nitrogen and oxygen atoms in total. The molecule has 0 spiro atoms. The summed E-state index contributed by atoms with van der Waals surface area (Å²) in [4.78, 5) is 0. The van der Waals surface area contributed by atoms with E-state index in [9.17, 15) is 8.78 Å². The molecule has 0 unspecified atom stereocenters. The first kappa shape index (κ1) is 21.8. The Balaban J connectivity index is 1.71. The fraction of sp³-hybridized carbons (Fsp3) is 0.583. The van der Waals surface area contributed by atoms with E-state index in [1.807, 2.05) is 37.3 Å². The average molecular weight is 377 g/mol. The molecule has 3 heteroatoms. The first-order valence-electron chi connectivity index (χ1n) is 10.3. The van der Waals surface area contributed by atoms with E-state index < -0.39 is 6.11 Å². The minimum atomic E-state index is -3.04. The van der Waals surface area contributed by atoms with Crippen molar-refractivity contribution in [1.82, 2.24) is 0 Å². The van der Waals surface area contributed by atoms with Crippen molar-refractivity contribution in [3.05, 3.63) is 60.2 Å². The molecule has 27 heavy (non-hydrogen) atoms. The summed E-state index contributed by atoms with van der Waals surface area (Å²) in [6, 6.07) is 7.72. The minimum Gasteiger partial charge on any atom is -0.316 e. The summed E-state index contributed by atoms with van der Waals surface area (Å²) in [6.07, 6.45) is 11.1. The highest BCUT2D eigenvalue weighted by Crippen LogP contribution is 2.38. The number of allylic oxidation sites excluding steroid dienone is 3. The minimum absolute atomic E-state index is 0.0343. The van der Waals surface area contributed by atoms with Gasteiger partial charge in [-0.15, -0.1) is 6.58 Å². The Morgan fingerprint density at radius 1 is 1.04 bits per heavy atom. The Labute approximate surface area is 163 Å². The van der Waals surface area contributed by atoms with Gasteiger partial charge >= 0.3 is 6.11 Å². The molecule has 1 aromatic carbocycles. The standard InChI is InChI=1S/C24H34F2O/c1-3-5-7-9-21-10-14-22(15-11-21)18-24(25,26)27-19-23-16-12-20(13-17-23)8-6-4-2/h3-5,12-13,16-17,21-22H,2,6-11,14-15,18-19H2,1H3/t21-,22-. The van der Waals surface area contributed by atoms with Crippen LogP contribution in [-0.4, -0.2) is 6.11 Å². The highest BCUT2D eigenvalue weighted by Gasteiger charge is 2.35. The molecule has 0 bridgehead atoms.